The Hall–Kier alpha value is -0.420. The van der Waals surface area contributed by atoms with Crippen molar-refractivity contribution < 1.29 is 14.3 Å². The minimum absolute atomic E-state index is 0.109. The number of nitrogens with zero attached hydrogens (tertiary/aromatic N) is 3. The van der Waals surface area contributed by atoms with Gasteiger partial charge in [0.15, 0.2) is 0 Å². The third-order valence-corrected chi connectivity index (χ3v) is 4.98. The number of carbonyl (C=O) groups excluding carboxylic acids is 1. The molecule has 1 rings (SSSR count). The van der Waals surface area contributed by atoms with Crippen molar-refractivity contribution in [3.63, 3.8) is 0 Å². The molecule has 1 aliphatic rings. The quantitative estimate of drug-likeness (QED) is 0.724. The molecule has 6 nitrogen and oxygen atoms in total. The minimum Gasteiger partial charge on any atom is -0.340 e. The summed E-state index contributed by atoms with van der Waals surface area (Å²) in [7, 11) is -0.201. The number of hydrogen-bond donors (Lipinski definition) is 1. The Labute approximate surface area is 96.4 Å². The van der Waals surface area contributed by atoms with Gasteiger partial charge in [0.2, 0.25) is 5.91 Å². The first-order valence-corrected chi connectivity index (χ1v) is 7.00. The summed E-state index contributed by atoms with van der Waals surface area (Å²) in [6.45, 7) is 3.80. The summed E-state index contributed by atoms with van der Waals surface area (Å²) in [6.07, 6.45) is 0.491. The maximum Gasteiger partial charge on any atom is 0.343 e. The molecule has 7 heteroatoms. The summed E-state index contributed by atoms with van der Waals surface area (Å²) in [5, 5.41) is 0. The lowest BCUT2D eigenvalue weighted by Gasteiger charge is -2.38. The van der Waals surface area contributed by atoms with Crippen molar-refractivity contribution in [1.82, 2.24) is 14.2 Å². The van der Waals surface area contributed by atoms with Crippen molar-refractivity contribution in [3.05, 3.63) is 0 Å². The summed E-state index contributed by atoms with van der Waals surface area (Å²) in [5.74, 6) is 0.109. The zero-order valence-electron chi connectivity index (χ0n) is 10.1. The summed E-state index contributed by atoms with van der Waals surface area (Å²) in [4.78, 5) is 23.0. The summed E-state index contributed by atoms with van der Waals surface area (Å²) < 4.78 is 14.8. The Morgan fingerprint density at radius 1 is 1.31 bits per heavy atom. The van der Waals surface area contributed by atoms with Gasteiger partial charge >= 0.3 is 7.67 Å². The molecular weight excluding hydrogens is 229 g/mol. The molecule has 16 heavy (non-hydrogen) atoms. The fourth-order valence-electron chi connectivity index (χ4n) is 1.68. The topological polar surface area (TPSA) is 64.1 Å². The second kappa shape index (κ2) is 5.27. The molecule has 0 aromatic heterocycles. The van der Waals surface area contributed by atoms with Gasteiger partial charge in [-0.2, -0.15) is 0 Å². The van der Waals surface area contributed by atoms with Gasteiger partial charge in [-0.1, -0.05) is 6.92 Å². The van der Waals surface area contributed by atoms with Crippen LogP contribution < -0.4 is 0 Å². The van der Waals surface area contributed by atoms with Crippen LogP contribution in [-0.2, 0) is 9.36 Å². The lowest BCUT2D eigenvalue weighted by molar-refractivity contribution is -0.132. The third-order valence-electron chi connectivity index (χ3n) is 2.80. The Kier molecular flexibility index (Phi) is 4.50. The minimum atomic E-state index is -3.38. The van der Waals surface area contributed by atoms with E-state index in [-0.39, 0.29) is 5.91 Å². The molecule has 1 unspecified atom stereocenters. The maximum absolute atomic E-state index is 11.9. The average Bonchev–Trinajstić information content (AvgIpc) is 2.28. The molecule has 0 bridgehead atoms. The van der Waals surface area contributed by atoms with Gasteiger partial charge in [-0.15, -0.1) is 0 Å². The highest BCUT2D eigenvalue weighted by molar-refractivity contribution is 7.52. The SMILES string of the molecule is CCC(=O)N1CCN(P(=O)(O)N(C)C)CC1. The van der Waals surface area contributed by atoms with E-state index >= 15 is 0 Å². The van der Waals surface area contributed by atoms with Crippen LogP contribution in [0.25, 0.3) is 0 Å². The van der Waals surface area contributed by atoms with E-state index in [0.717, 1.165) is 0 Å². The van der Waals surface area contributed by atoms with E-state index in [1.54, 1.807) is 23.7 Å². The number of piperazine rings is 1. The highest BCUT2D eigenvalue weighted by atomic mass is 31.2. The van der Waals surface area contributed by atoms with Crippen LogP contribution in [0.15, 0.2) is 0 Å². The summed E-state index contributed by atoms with van der Waals surface area (Å²) in [6, 6.07) is 0. The lowest BCUT2D eigenvalue weighted by atomic mass is 10.3. The maximum atomic E-state index is 11.9. The normalized spacial score (nSPS) is 22.2. The zero-order chi connectivity index (χ0) is 12.3. The predicted octanol–water partition coefficient (Wildman–Crippen LogP) is 0.203. The van der Waals surface area contributed by atoms with E-state index in [0.29, 0.717) is 32.6 Å². The molecule has 1 N–H and O–H groups in total. The average molecular weight is 249 g/mol. The standard InChI is InChI=1S/C9H20N3O3P/c1-4-9(13)11-5-7-12(8-6-11)16(14,15)10(2)3/h4-8H2,1-3H3,(H,14,15). The molecule has 1 amide bonds. The highest BCUT2D eigenvalue weighted by Gasteiger charge is 2.34. The van der Waals surface area contributed by atoms with Gasteiger partial charge in [0, 0.05) is 32.6 Å². The molecule has 0 saturated carbocycles. The second-order valence-corrected chi connectivity index (χ2v) is 6.44. The van der Waals surface area contributed by atoms with Crippen LogP contribution in [0.1, 0.15) is 13.3 Å². The van der Waals surface area contributed by atoms with Gasteiger partial charge in [-0.3, -0.25) is 9.36 Å². The fourth-order valence-corrected chi connectivity index (χ4v) is 2.89. The van der Waals surface area contributed by atoms with Crippen molar-refractivity contribution in [1.29, 1.82) is 0 Å². The van der Waals surface area contributed by atoms with Crippen LogP contribution in [-0.4, -0.2) is 65.3 Å². The van der Waals surface area contributed by atoms with Gasteiger partial charge in [-0.25, -0.2) is 9.34 Å². The van der Waals surface area contributed by atoms with Gasteiger partial charge in [0.25, 0.3) is 0 Å². The molecule has 1 aliphatic heterocycles. The van der Waals surface area contributed by atoms with E-state index in [1.165, 1.54) is 4.67 Å². The molecule has 0 spiro atoms. The van der Waals surface area contributed by atoms with E-state index in [9.17, 15) is 14.3 Å². The second-order valence-electron chi connectivity index (χ2n) is 4.05. The number of amides is 1. The molecule has 0 aliphatic carbocycles. The van der Waals surface area contributed by atoms with Crippen LogP contribution in [0.5, 0.6) is 0 Å². The molecule has 1 fully saturated rings. The molecule has 1 heterocycles. The van der Waals surface area contributed by atoms with Gasteiger partial charge < -0.3 is 9.79 Å². The zero-order valence-corrected chi connectivity index (χ0v) is 11.0. The van der Waals surface area contributed by atoms with E-state index in [4.69, 9.17) is 0 Å². The first-order chi connectivity index (χ1) is 7.39. The number of hydrogen-bond acceptors (Lipinski definition) is 2. The molecule has 1 saturated heterocycles. The van der Waals surface area contributed by atoms with E-state index in [2.05, 4.69) is 0 Å². The van der Waals surface area contributed by atoms with E-state index in [1.807, 2.05) is 6.92 Å². The Balaban J connectivity index is 2.55. The van der Waals surface area contributed by atoms with Gasteiger partial charge in [-0.05, 0) is 14.1 Å². The number of rotatable bonds is 3. The van der Waals surface area contributed by atoms with Crippen LogP contribution in [0.3, 0.4) is 0 Å². The smallest absolute Gasteiger partial charge is 0.340 e. The van der Waals surface area contributed by atoms with Crippen LogP contribution in [0.4, 0.5) is 0 Å². The summed E-state index contributed by atoms with van der Waals surface area (Å²) in [5.41, 5.74) is 0. The van der Waals surface area contributed by atoms with Gasteiger partial charge in [0.1, 0.15) is 0 Å². The fraction of sp³-hybridized carbons (Fsp3) is 0.889. The van der Waals surface area contributed by atoms with E-state index < -0.39 is 7.67 Å². The molecule has 0 aromatic carbocycles. The molecule has 0 aromatic rings. The molecule has 1 atom stereocenters. The largest absolute Gasteiger partial charge is 0.343 e. The molecular formula is C9H20N3O3P. The van der Waals surface area contributed by atoms with Crippen molar-refractivity contribution >= 4 is 13.6 Å². The van der Waals surface area contributed by atoms with Crippen molar-refractivity contribution in [2.75, 3.05) is 40.3 Å². The Morgan fingerprint density at radius 3 is 2.19 bits per heavy atom. The number of carbonyl (C=O) groups is 1. The van der Waals surface area contributed by atoms with Crippen LogP contribution in [0, 0.1) is 0 Å². The van der Waals surface area contributed by atoms with Crippen LogP contribution in [0.2, 0.25) is 0 Å². The Bertz CT molecular complexity index is 300. The van der Waals surface area contributed by atoms with Crippen LogP contribution >= 0.6 is 7.67 Å². The van der Waals surface area contributed by atoms with Crippen molar-refractivity contribution in [2.45, 2.75) is 13.3 Å². The monoisotopic (exact) mass is 249 g/mol. The first-order valence-electron chi connectivity index (χ1n) is 5.43. The van der Waals surface area contributed by atoms with Crippen molar-refractivity contribution in [2.24, 2.45) is 0 Å². The first kappa shape index (κ1) is 13.6. The van der Waals surface area contributed by atoms with Gasteiger partial charge in [0.05, 0.1) is 0 Å². The Morgan fingerprint density at radius 2 is 1.81 bits per heavy atom. The summed E-state index contributed by atoms with van der Waals surface area (Å²) >= 11 is 0. The third kappa shape index (κ3) is 2.83. The highest BCUT2D eigenvalue weighted by Crippen LogP contribution is 2.46. The lowest BCUT2D eigenvalue weighted by Crippen LogP contribution is -2.48. The molecule has 0 radical (unpaired) electrons. The predicted molar refractivity (Wildman–Crippen MR) is 62.0 cm³/mol. The molecule has 94 valence electrons. The van der Waals surface area contributed by atoms with Crippen molar-refractivity contribution in [3.8, 4) is 0 Å².